The number of carbonyl (C=O) groups excluding carboxylic acids is 1. The molecule has 4 rings (SSSR count). The van der Waals surface area contributed by atoms with E-state index < -0.39 is 0 Å². The Bertz CT molecular complexity index is 891. The lowest BCUT2D eigenvalue weighted by atomic mass is 10.0. The first-order valence-corrected chi connectivity index (χ1v) is 8.46. The second kappa shape index (κ2) is 5.78. The zero-order valence-corrected chi connectivity index (χ0v) is 14.0. The molecule has 2 heterocycles. The van der Waals surface area contributed by atoms with E-state index >= 15 is 0 Å². The molecule has 1 saturated heterocycles. The van der Waals surface area contributed by atoms with E-state index in [4.69, 9.17) is 0 Å². The summed E-state index contributed by atoms with van der Waals surface area (Å²) in [4.78, 5) is 22.1. The van der Waals surface area contributed by atoms with Crippen molar-refractivity contribution in [2.75, 3.05) is 6.54 Å². The highest BCUT2D eigenvalue weighted by molar-refractivity contribution is 5.95. The number of aromatic nitrogens is 2. The number of hydrogen-bond donors (Lipinski definition) is 1. The van der Waals surface area contributed by atoms with Crippen molar-refractivity contribution in [1.82, 2.24) is 14.9 Å². The summed E-state index contributed by atoms with van der Waals surface area (Å²) in [6, 6.07) is 14.9. The Morgan fingerprint density at radius 3 is 2.75 bits per heavy atom. The van der Waals surface area contributed by atoms with Crippen LogP contribution in [0.15, 0.2) is 48.7 Å². The zero-order valence-electron chi connectivity index (χ0n) is 14.0. The summed E-state index contributed by atoms with van der Waals surface area (Å²) in [6.45, 7) is 4.87. The fourth-order valence-electron chi connectivity index (χ4n) is 3.56. The van der Waals surface area contributed by atoms with Crippen molar-refractivity contribution in [2.24, 2.45) is 0 Å². The van der Waals surface area contributed by atoms with E-state index in [9.17, 15) is 4.79 Å². The highest BCUT2D eigenvalue weighted by Gasteiger charge is 2.33. The molecule has 1 aliphatic rings. The number of imidazole rings is 1. The van der Waals surface area contributed by atoms with Crippen LogP contribution < -0.4 is 0 Å². The summed E-state index contributed by atoms with van der Waals surface area (Å²) >= 11 is 0. The first-order valence-electron chi connectivity index (χ1n) is 8.46. The molecule has 4 nitrogen and oxygen atoms in total. The van der Waals surface area contributed by atoms with E-state index in [-0.39, 0.29) is 17.9 Å². The highest BCUT2D eigenvalue weighted by Crippen LogP contribution is 2.31. The SMILES string of the molecule is CC(C)N1C[C@H](c2ncc(-c3cccc4ccccc34)[nH]2)CC1=O. The van der Waals surface area contributed by atoms with Crippen LogP contribution in [-0.2, 0) is 4.79 Å². The number of nitrogens with zero attached hydrogens (tertiary/aromatic N) is 2. The molecule has 0 saturated carbocycles. The van der Waals surface area contributed by atoms with Gasteiger partial charge in [0, 0.05) is 30.5 Å². The quantitative estimate of drug-likeness (QED) is 0.794. The Morgan fingerprint density at radius 1 is 1.17 bits per heavy atom. The summed E-state index contributed by atoms with van der Waals surface area (Å²) in [7, 11) is 0. The molecular formula is C20H21N3O. The van der Waals surface area contributed by atoms with E-state index in [0.29, 0.717) is 6.42 Å². The predicted molar refractivity (Wildman–Crippen MR) is 95.7 cm³/mol. The van der Waals surface area contributed by atoms with Crippen LogP contribution in [0.1, 0.15) is 32.0 Å². The van der Waals surface area contributed by atoms with Crippen LogP contribution in [0.4, 0.5) is 0 Å². The van der Waals surface area contributed by atoms with Crippen LogP contribution in [0.2, 0.25) is 0 Å². The maximum Gasteiger partial charge on any atom is 0.223 e. The normalized spacial score (nSPS) is 18.0. The number of likely N-dealkylation sites (tertiary alicyclic amines) is 1. The van der Waals surface area contributed by atoms with E-state index in [1.54, 1.807) is 0 Å². The van der Waals surface area contributed by atoms with Crippen molar-refractivity contribution in [3.05, 3.63) is 54.5 Å². The van der Waals surface area contributed by atoms with Crippen LogP contribution >= 0.6 is 0 Å². The molecule has 1 aliphatic heterocycles. The molecule has 122 valence electrons. The average molecular weight is 319 g/mol. The molecule has 24 heavy (non-hydrogen) atoms. The fourth-order valence-corrected chi connectivity index (χ4v) is 3.56. The van der Waals surface area contributed by atoms with Crippen LogP contribution in [0.3, 0.4) is 0 Å². The van der Waals surface area contributed by atoms with Crippen LogP contribution in [0.5, 0.6) is 0 Å². The standard InChI is InChI=1S/C20H21N3O/c1-13(2)23-12-15(10-19(23)24)20-21-11-18(22-20)17-9-5-7-14-6-3-4-8-16(14)17/h3-9,11,13,15H,10,12H2,1-2H3,(H,21,22)/t15-/m1/s1. The van der Waals surface area contributed by atoms with Gasteiger partial charge in [0.05, 0.1) is 11.9 Å². The first kappa shape index (κ1) is 14.9. The van der Waals surface area contributed by atoms with Gasteiger partial charge in [-0.3, -0.25) is 4.79 Å². The van der Waals surface area contributed by atoms with Gasteiger partial charge in [-0.1, -0.05) is 42.5 Å². The van der Waals surface area contributed by atoms with Crippen LogP contribution in [0, 0.1) is 0 Å². The first-order chi connectivity index (χ1) is 11.6. The lowest BCUT2D eigenvalue weighted by Gasteiger charge is -2.20. The van der Waals surface area contributed by atoms with Crippen molar-refractivity contribution in [3.8, 4) is 11.3 Å². The number of fused-ring (bicyclic) bond motifs is 1. The molecule has 0 bridgehead atoms. The van der Waals surface area contributed by atoms with E-state index in [2.05, 4.69) is 66.3 Å². The average Bonchev–Trinajstić information content (AvgIpc) is 3.21. The van der Waals surface area contributed by atoms with E-state index in [1.807, 2.05) is 11.1 Å². The van der Waals surface area contributed by atoms with Crippen molar-refractivity contribution < 1.29 is 4.79 Å². The van der Waals surface area contributed by atoms with Gasteiger partial charge < -0.3 is 9.88 Å². The second-order valence-corrected chi connectivity index (χ2v) is 6.75. The maximum absolute atomic E-state index is 12.1. The molecule has 1 fully saturated rings. The second-order valence-electron chi connectivity index (χ2n) is 6.75. The summed E-state index contributed by atoms with van der Waals surface area (Å²) in [5.41, 5.74) is 2.16. The smallest absolute Gasteiger partial charge is 0.223 e. The summed E-state index contributed by atoms with van der Waals surface area (Å²) < 4.78 is 0. The number of carbonyl (C=O) groups is 1. The topological polar surface area (TPSA) is 49.0 Å². The van der Waals surface area contributed by atoms with Crippen molar-refractivity contribution >= 4 is 16.7 Å². The lowest BCUT2D eigenvalue weighted by Crippen LogP contribution is -2.31. The third-order valence-corrected chi connectivity index (χ3v) is 4.84. The van der Waals surface area contributed by atoms with E-state index in [1.165, 1.54) is 10.8 Å². The number of nitrogens with one attached hydrogen (secondary N) is 1. The number of aromatic amines is 1. The third-order valence-electron chi connectivity index (χ3n) is 4.84. The number of H-pyrrole nitrogens is 1. The molecule has 0 unspecified atom stereocenters. The molecule has 0 aliphatic carbocycles. The highest BCUT2D eigenvalue weighted by atomic mass is 16.2. The Balaban J connectivity index is 1.67. The van der Waals surface area contributed by atoms with Crippen molar-refractivity contribution in [3.63, 3.8) is 0 Å². The molecule has 1 amide bonds. The van der Waals surface area contributed by atoms with Gasteiger partial charge >= 0.3 is 0 Å². The fraction of sp³-hybridized carbons (Fsp3) is 0.300. The zero-order chi connectivity index (χ0) is 16.7. The predicted octanol–water partition coefficient (Wildman–Crippen LogP) is 3.95. The monoisotopic (exact) mass is 319 g/mol. The van der Waals surface area contributed by atoms with Crippen LogP contribution in [-0.4, -0.2) is 33.4 Å². The molecular weight excluding hydrogens is 298 g/mol. The van der Waals surface area contributed by atoms with E-state index in [0.717, 1.165) is 23.6 Å². The summed E-state index contributed by atoms with van der Waals surface area (Å²) in [6.07, 6.45) is 2.43. The van der Waals surface area contributed by atoms with Crippen LogP contribution in [0.25, 0.3) is 22.0 Å². The summed E-state index contributed by atoms with van der Waals surface area (Å²) in [5.74, 6) is 1.29. The molecule has 0 spiro atoms. The molecule has 1 aromatic heterocycles. The van der Waals surface area contributed by atoms with Gasteiger partial charge in [-0.2, -0.15) is 0 Å². The lowest BCUT2D eigenvalue weighted by molar-refractivity contribution is -0.129. The third kappa shape index (κ3) is 2.48. The molecule has 2 aromatic carbocycles. The minimum absolute atomic E-state index is 0.156. The van der Waals surface area contributed by atoms with Crippen molar-refractivity contribution in [2.45, 2.75) is 32.2 Å². The minimum atomic E-state index is 0.156. The minimum Gasteiger partial charge on any atom is -0.342 e. The Morgan fingerprint density at radius 2 is 1.96 bits per heavy atom. The van der Waals surface area contributed by atoms with Gasteiger partial charge in [0.15, 0.2) is 0 Å². The van der Waals surface area contributed by atoms with Gasteiger partial charge in [-0.25, -0.2) is 4.98 Å². The number of rotatable bonds is 3. The molecule has 1 atom stereocenters. The summed E-state index contributed by atoms with van der Waals surface area (Å²) in [5, 5.41) is 2.43. The number of hydrogen-bond acceptors (Lipinski definition) is 2. The van der Waals surface area contributed by atoms with Gasteiger partial charge in [0.25, 0.3) is 0 Å². The Hall–Kier alpha value is -2.62. The van der Waals surface area contributed by atoms with Crippen molar-refractivity contribution in [1.29, 1.82) is 0 Å². The largest absolute Gasteiger partial charge is 0.342 e. The van der Waals surface area contributed by atoms with Gasteiger partial charge in [0.1, 0.15) is 5.82 Å². The Kier molecular flexibility index (Phi) is 3.60. The van der Waals surface area contributed by atoms with Gasteiger partial charge in [0.2, 0.25) is 5.91 Å². The molecule has 0 radical (unpaired) electrons. The van der Waals surface area contributed by atoms with Gasteiger partial charge in [-0.15, -0.1) is 0 Å². The molecule has 4 heteroatoms. The number of benzene rings is 2. The Labute approximate surface area is 141 Å². The van der Waals surface area contributed by atoms with Gasteiger partial charge in [-0.05, 0) is 24.6 Å². The molecule has 3 aromatic rings. The number of amides is 1. The maximum atomic E-state index is 12.1. The molecule has 1 N–H and O–H groups in total.